The Kier molecular flexibility index (Phi) is 5.55. The van der Waals surface area contributed by atoms with E-state index in [0.717, 1.165) is 23.5 Å². The molecular weight excluding hydrogens is 330 g/mol. The van der Waals surface area contributed by atoms with Gasteiger partial charge < -0.3 is 5.32 Å². The number of nitrogens with zero attached hydrogens (tertiary/aromatic N) is 2. The van der Waals surface area contributed by atoms with Gasteiger partial charge in [0, 0.05) is 17.5 Å². The monoisotopic (exact) mass is 347 g/mol. The zero-order valence-corrected chi connectivity index (χ0v) is 14.4. The molecule has 0 aliphatic heterocycles. The van der Waals surface area contributed by atoms with Crippen molar-refractivity contribution in [2.75, 3.05) is 5.32 Å². The minimum atomic E-state index is -0.130. The average molecular weight is 347 g/mol. The molecule has 124 valence electrons. The van der Waals surface area contributed by atoms with Gasteiger partial charge in [-0.3, -0.25) is 4.79 Å². The van der Waals surface area contributed by atoms with Crippen LogP contribution in [0, 0.1) is 11.3 Å². The molecule has 0 radical (unpaired) electrons. The van der Waals surface area contributed by atoms with Crippen LogP contribution in [0.2, 0.25) is 0 Å². The van der Waals surface area contributed by atoms with E-state index in [1.807, 2.05) is 23.6 Å². The zero-order chi connectivity index (χ0) is 17.5. The van der Waals surface area contributed by atoms with E-state index in [1.165, 1.54) is 5.56 Å². The van der Waals surface area contributed by atoms with Crippen molar-refractivity contribution in [1.82, 2.24) is 4.98 Å². The first-order valence-electron chi connectivity index (χ1n) is 8.00. The van der Waals surface area contributed by atoms with Crippen molar-refractivity contribution in [1.29, 1.82) is 5.26 Å². The highest BCUT2D eigenvalue weighted by Gasteiger charge is 2.09. The second kappa shape index (κ2) is 8.22. The van der Waals surface area contributed by atoms with Gasteiger partial charge in [0.05, 0.1) is 28.8 Å². The number of anilines is 1. The predicted molar refractivity (Wildman–Crippen MR) is 99.5 cm³/mol. The van der Waals surface area contributed by atoms with Crippen LogP contribution in [0.1, 0.15) is 21.8 Å². The molecule has 0 aliphatic carbocycles. The molecule has 3 rings (SSSR count). The fourth-order valence-corrected chi connectivity index (χ4v) is 3.28. The molecule has 0 aliphatic rings. The molecule has 0 saturated heterocycles. The standard InChI is InChI=1S/C20H17N3OS/c21-13-16-7-4-8-17(11-16)22-19(24)12-18-14-25-20(23-18)10-9-15-5-2-1-3-6-15/h1-8,11,14H,9-10,12H2,(H,22,24). The number of carbonyl (C=O) groups is 1. The highest BCUT2D eigenvalue weighted by molar-refractivity contribution is 7.09. The molecule has 0 spiro atoms. The fourth-order valence-electron chi connectivity index (χ4n) is 2.48. The van der Waals surface area contributed by atoms with Crippen LogP contribution in [0.15, 0.2) is 60.0 Å². The van der Waals surface area contributed by atoms with Gasteiger partial charge in [-0.2, -0.15) is 5.26 Å². The largest absolute Gasteiger partial charge is 0.326 e. The van der Waals surface area contributed by atoms with Crippen LogP contribution in [0.25, 0.3) is 0 Å². The third-order valence-electron chi connectivity index (χ3n) is 3.69. The van der Waals surface area contributed by atoms with Crippen molar-refractivity contribution in [2.45, 2.75) is 19.3 Å². The third-order valence-corrected chi connectivity index (χ3v) is 4.64. The molecule has 25 heavy (non-hydrogen) atoms. The van der Waals surface area contributed by atoms with Crippen molar-refractivity contribution in [2.24, 2.45) is 0 Å². The van der Waals surface area contributed by atoms with E-state index in [9.17, 15) is 4.79 Å². The highest BCUT2D eigenvalue weighted by atomic mass is 32.1. The predicted octanol–water partition coefficient (Wildman–Crippen LogP) is 3.98. The Morgan fingerprint density at radius 3 is 2.76 bits per heavy atom. The lowest BCUT2D eigenvalue weighted by molar-refractivity contribution is -0.115. The lowest BCUT2D eigenvalue weighted by Gasteiger charge is -2.04. The SMILES string of the molecule is N#Cc1cccc(NC(=O)Cc2csc(CCc3ccccc3)n2)c1. The van der Waals surface area contributed by atoms with Gasteiger partial charge in [-0.25, -0.2) is 4.98 Å². The highest BCUT2D eigenvalue weighted by Crippen LogP contribution is 2.15. The third kappa shape index (κ3) is 5.00. The van der Waals surface area contributed by atoms with Crippen LogP contribution < -0.4 is 5.32 Å². The summed E-state index contributed by atoms with van der Waals surface area (Å²) in [6.07, 6.45) is 2.06. The Labute approximate surface area is 150 Å². The molecule has 0 bridgehead atoms. The number of hydrogen-bond acceptors (Lipinski definition) is 4. The number of carbonyl (C=O) groups excluding carboxylic acids is 1. The van der Waals surface area contributed by atoms with Crippen molar-refractivity contribution >= 4 is 22.9 Å². The molecular formula is C20H17N3OS. The van der Waals surface area contributed by atoms with Crippen LogP contribution in [0.5, 0.6) is 0 Å². The summed E-state index contributed by atoms with van der Waals surface area (Å²) < 4.78 is 0. The molecule has 1 amide bonds. The van der Waals surface area contributed by atoms with Gasteiger partial charge in [0.2, 0.25) is 5.91 Å². The molecule has 5 heteroatoms. The van der Waals surface area contributed by atoms with Crippen LogP contribution in [0.3, 0.4) is 0 Å². The van der Waals surface area contributed by atoms with Crippen molar-refractivity contribution < 1.29 is 4.79 Å². The maximum atomic E-state index is 12.1. The number of benzene rings is 2. The lowest BCUT2D eigenvalue weighted by atomic mass is 10.1. The van der Waals surface area contributed by atoms with Crippen LogP contribution >= 0.6 is 11.3 Å². The van der Waals surface area contributed by atoms with Crippen molar-refractivity contribution in [3.05, 3.63) is 81.8 Å². The summed E-state index contributed by atoms with van der Waals surface area (Å²) in [6, 6.07) is 19.2. The first-order valence-corrected chi connectivity index (χ1v) is 8.88. The quantitative estimate of drug-likeness (QED) is 0.733. The Morgan fingerprint density at radius 1 is 1.12 bits per heavy atom. The van der Waals surface area contributed by atoms with Gasteiger partial charge in [-0.15, -0.1) is 11.3 Å². The summed E-state index contributed by atoms with van der Waals surface area (Å²) in [7, 11) is 0. The number of nitrogens with one attached hydrogen (secondary N) is 1. The van der Waals surface area contributed by atoms with E-state index in [4.69, 9.17) is 5.26 Å². The van der Waals surface area contributed by atoms with Gasteiger partial charge in [-0.1, -0.05) is 36.4 Å². The number of hydrogen-bond donors (Lipinski definition) is 1. The summed E-state index contributed by atoms with van der Waals surface area (Å²) in [5.74, 6) is -0.130. The van der Waals surface area contributed by atoms with Crippen LogP contribution in [-0.4, -0.2) is 10.9 Å². The van der Waals surface area contributed by atoms with Gasteiger partial charge >= 0.3 is 0 Å². The summed E-state index contributed by atoms with van der Waals surface area (Å²) >= 11 is 1.59. The van der Waals surface area contributed by atoms with Gasteiger partial charge in [0.1, 0.15) is 0 Å². The smallest absolute Gasteiger partial charge is 0.230 e. The molecule has 1 aromatic heterocycles. The summed E-state index contributed by atoms with van der Waals surface area (Å²) in [6.45, 7) is 0. The van der Waals surface area contributed by atoms with E-state index >= 15 is 0 Å². The number of rotatable bonds is 6. The summed E-state index contributed by atoms with van der Waals surface area (Å²) in [5, 5.41) is 14.7. The van der Waals surface area contributed by atoms with E-state index < -0.39 is 0 Å². The number of nitriles is 1. The van der Waals surface area contributed by atoms with Crippen molar-refractivity contribution in [3.8, 4) is 6.07 Å². The van der Waals surface area contributed by atoms with Crippen LogP contribution in [0.4, 0.5) is 5.69 Å². The van der Waals surface area contributed by atoms with Gasteiger partial charge in [-0.05, 0) is 30.2 Å². The lowest BCUT2D eigenvalue weighted by Crippen LogP contribution is -2.14. The van der Waals surface area contributed by atoms with Crippen molar-refractivity contribution in [3.63, 3.8) is 0 Å². The Balaban J connectivity index is 1.54. The number of thiazole rings is 1. The zero-order valence-electron chi connectivity index (χ0n) is 13.6. The second-order valence-electron chi connectivity index (χ2n) is 5.64. The Hall–Kier alpha value is -2.97. The average Bonchev–Trinajstić information content (AvgIpc) is 3.08. The minimum Gasteiger partial charge on any atom is -0.326 e. The normalized spacial score (nSPS) is 10.2. The Morgan fingerprint density at radius 2 is 1.96 bits per heavy atom. The minimum absolute atomic E-state index is 0.130. The van der Waals surface area contributed by atoms with E-state index in [2.05, 4.69) is 28.5 Å². The molecule has 0 unspecified atom stereocenters. The molecule has 0 saturated carbocycles. The fraction of sp³-hybridized carbons (Fsp3) is 0.150. The molecule has 4 nitrogen and oxygen atoms in total. The van der Waals surface area contributed by atoms with E-state index in [0.29, 0.717) is 11.3 Å². The molecule has 3 aromatic rings. The molecule has 0 atom stereocenters. The maximum absolute atomic E-state index is 12.1. The molecule has 1 heterocycles. The second-order valence-corrected chi connectivity index (χ2v) is 6.58. The first-order chi connectivity index (χ1) is 12.2. The summed E-state index contributed by atoms with van der Waals surface area (Å²) in [4.78, 5) is 16.7. The molecule has 0 fully saturated rings. The van der Waals surface area contributed by atoms with Crippen LogP contribution in [-0.2, 0) is 24.1 Å². The molecule has 1 N–H and O–H groups in total. The number of aromatic nitrogens is 1. The maximum Gasteiger partial charge on any atom is 0.230 e. The Bertz CT molecular complexity index is 897. The number of aryl methyl sites for hydroxylation is 2. The van der Waals surface area contributed by atoms with E-state index in [1.54, 1.807) is 35.6 Å². The first kappa shape index (κ1) is 16.9. The van der Waals surface area contributed by atoms with Gasteiger partial charge in [0.15, 0.2) is 0 Å². The van der Waals surface area contributed by atoms with Gasteiger partial charge in [0.25, 0.3) is 0 Å². The summed E-state index contributed by atoms with van der Waals surface area (Å²) in [5.41, 5.74) is 3.22. The number of amides is 1. The topological polar surface area (TPSA) is 65.8 Å². The molecule has 2 aromatic carbocycles. The van der Waals surface area contributed by atoms with E-state index in [-0.39, 0.29) is 12.3 Å².